The first-order chi connectivity index (χ1) is 15.6. The van der Waals surface area contributed by atoms with Crippen LogP contribution in [0.1, 0.15) is 63.8 Å². The largest absolute Gasteiger partial charge is 0.384 e. The number of hydrogen-bond acceptors (Lipinski definition) is 6. The quantitative estimate of drug-likeness (QED) is 0.366. The Hall–Kier alpha value is -1.48. The fraction of sp³-hybridized carbons (Fsp3) is 0.478. The number of carbonyl (C=O) groups is 1. The number of halogens is 3. The van der Waals surface area contributed by atoms with Gasteiger partial charge < -0.3 is 4.84 Å². The van der Waals surface area contributed by atoms with E-state index in [4.69, 9.17) is 28.0 Å². The Morgan fingerprint density at radius 2 is 1.85 bits per heavy atom. The van der Waals surface area contributed by atoms with Crippen LogP contribution < -0.4 is 0 Å². The van der Waals surface area contributed by atoms with Gasteiger partial charge in [-0.2, -0.15) is 0 Å². The summed E-state index contributed by atoms with van der Waals surface area (Å²) in [5.41, 5.74) is 2.76. The molecular weight excluding hydrogens is 508 g/mol. The summed E-state index contributed by atoms with van der Waals surface area (Å²) in [4.78, 5) is 20.6. The zero-order valence-corrected chi connectivity index (χ0v) is 21.1. The first-order valence-electron chi connectivity index (χ1n) is 10.8. The fourth-order valence-corrected chi connectivity index (χ4v) is 8.30. The molecule has 0 N–H and O–H groups in total. The second-order valence-corrected chi connectivity index (χ2v) is 13.3. The minimum atomic E-state index is -2.96. The van der Waals surface area contributed by atoms with Gasteiger partial charge in [-0.1, -0.05) is 28.4 Å². The van der Waals surface area contributed by atoms with Crippen LogP contribution in [0.25, 0.3) is 0 Å². The molecule has 5 rings (SSSR count). The molecular formula is C23H22Cl2FNO4S2. The lowest BCUT2D eigenvalue weighted by atomic mass is 9.86. The van der Waals surface area contributed by atoms with Crippen LogP contribution in [0.3, 0.4) is 0 Å². The summed E-state index contributed by atoms with van der Waals surface area (Å²) in [5.74, 6) is -0.541. The monoisotopic (exact) mass is 529 g/mol. The van der Waals surface area contributed by atoms with Crippen LogP contribution in [0.5, 0.6) is 0 Å². The van der Waals surface area contributed by atoms with E-state index in [2.05, 4.69) is 5.16 Å². The fourth-order valence-electron chi connectivity index (χ4n) is 4.91. The van der Waals surface area contributed by atoms with E-state index >= 15 is 0 Å². The molecule has 5 nitrogen and oxygen atoms in total. The highest BCUT2D eigenvalue weighted by molar-refractivity contribution is 7.92. The number of nitrogens with zero attached hydrogens (tertiary/aromatic N) is 1. The molecule has 1 saturated heterocycles. The average molecular weight is 530 g/mol. The predicted molar refractivity (Wildman–Crippen MR) is 128 cm³/mol. The Morgan fingerprint density at radius 1 is 1.21 bits per heavy atom. The third-order valence-corrected chi connectivity index (χ3v) is 10.5. The summed E-state index contributed by atoms with van der Waals surface area (Å²) in [6.45, 7) is 1.85. The molecule has 10 heteroatoms. The second-order valence-electron chi connectivity index (χ2n) is 9.29. The van der Waals surface area contributed by atoms with Crippen molar-refractivity contribution in [2.45, 2.75) is 51.0 Å². The summed E-state index contributed by atoms with van der Waals surface area (Å²) in [6.07, 6.45) is 4.47. The number of benzene rings is 1. The van der Waals surface area contributed by atoms with Gasteiger partial charge in [-0.05, 0) is 61.8 Å². The molecule has 1 aliphatic carbocycles. The lowest BCUT2D eigenvalue weighted by Gasteiger charge is -2.24. The van der Waals surface area contributed by atoms with E-state index in [1.807, 2.05) is 6.92 Å². The van der Waals surface area contributed by atoms with Crippen LogP contribution in [0.2, 0.25) is 10.0 Å². The van der Waals surface area contributed by atoms with Crippen molar-refractivity contribution >= 4 is 55.9 Å². The molecule has 0 spiro atoms. The van der Waals surface area contributed by atoms with E-state index in [1.165, 1.54) is 23.5 Å². The minimum Gasteiger partial charge on any atom is -0.384 e. The number of ketones is 1. The van der Waals surface area contributed by atoms with Crippen molar-refractivity contribution in [3.05, 3.63) is 54.4 Å². The summed E-state index contributed by atoms with van der Waals surface area (Å²) in [5, 5.41) is 4.21. The molecule has 1 atom stereocenters. The zero-order chi connectivity index (χ0) is 23.5. The van der Waals surface area contributed by atoms with E-state index in [-0.39, 0.29) is 39.7 Å². The molecule has 33 heavy (non-hydrogen) atoms. The molecule has 0 amide bonds. The maximum Gasteiger partial charge on any atom is 0.173 e. The Morgan fingerprint density at radius 3 is 2.48 bits per heavy atom. The Kier molecular flexibility index (Phi) is 5.87. The number of carbonyl (C=O) groups excluding carboxylic acids is 1. The molecule has 2 aliphatic heterocycles. The van der Waals surface area contributed by atoms with E-state index in [9.17, 15) is 17.6 Å². The van der Waals surface area contributed by atoms with Crippen molar-refractivity contribution in [3.8, 4) is 0 Å². The third kappa shape index (κ3) is 4.24. The minimum absolute atomic E-state index is 0.0173. The molecule has 1 aromatic heterocycles. The van der Waals surface area contributed by atoms with Gasteiger partial charge in [0.2, 0.25) is 0 Å². The number of sulfone groups is 1. The van der Waals surface area contributed by atoms with Crippen LogP contribution in [0, 0.1) is 11.7 Å². The van der Waals surface area contributed by atoms with E-state index < -0.39 is 21.3 Å². The summed E-state index contributed by atoms with van der Waals surface area (Å²) < 4.78 is 36.9. The van der Waals surface area contributed by atoms with Gasteiger partial charge >= 0.3 is 0 Å². The predicted octanol–water partition coefficient (Wildman–Crippen LogP) is 5.73. The van der Waals surface area contributed by atoms with Crippen LogP contribution in [-0.2, 0) is 33.1 Å². The number of hydrogen-bond donors (Lipinski definition) is 0. The lowest BCUT2D eigenvalue weighted by molar-refractivity contribution is -0.00742. The van der Waals surface area contributed by atoms with Crippen molar-refractivity contribution in [3.63, 3.8) is 0 Å². The highest BCUT2D eigenvalue weighted by Gasteiger charge is 2.41. The standard InChI is InChI=1S/C23H22Cl2FNO4S2/c1-23(13-7-16(24)20(26)17(25)8-13)9-18(27-31-23)21-14-4-2-3-5-15(14)22(32-21)19(28)6-12-10-33(29,30)11-12/h7-8,12H,2-6,9-11H2,1H3. The summed E-state index contributed by atoms with van der Waals surface area (Å²) in [6, 6.07) is 3.01. The molecule has 0 radical (unpaired) electrons. The van der Waals surface area contributed by atoms with Gasteiger partial charge in [0, 0.05) is 18.4 Å². The molecule has 3 aliphatic rings. The maximum absolute atomic E-state index is 13.9. The smallest absolute Gasteiger partial charge is 0.173 e. The molecule has 1 unspecified atom stereocenters. The summed E-state index contributed by atoms with van der Waals surface area (Å²) in [7, 11) is -2.96. The zero-order valence-electron chi connectivity index (χ0n) is 17.9. The van der Waals surface area contributed by atoms with Crippen molar-refractivity contribution in [2.24, 2.45) is 11.1 Å². The van der Waals surface area contributed by atoms with Crippen LogP contribution in [0.15, 0.2) is 17.3 Å². The number of oxime groups is 1. The molecule has 1 fully saturated rings. The van der Waals surface area contributed by atoms with Crippen molar-refractivity contribution in [2.75, 3.05) is 11.5 Å². The van der Waals surface area contributed by atoms with Gasteiger partial charge in [-0.15, -0.1) is 11.3 Å². The molecule has 0 bridgehead atoms. The van der Waals surface area contributed by atoms with Gasteiger partial charge in [0.05, 0.1) is 31.3 Å². The molecule has 1 aromatic carbocycles. The Balaban J connectivity index is 1.42. The van der Waals surface area contributed by atoms with E-state index in [0.717, 1.165) is 52.3 Å². The maximum atomic E-state index is 13.9. The molecule has 3 heterocycles. The first kappa shape index (κ1) is 23.3. The topological polar surface area (TPSA) is 72.8 Å². The van der Waals surface area contributed by atoms with Crippen molar-refractivity contribution in [1.82, 2.24) is 0 Å². The summed E-state index contributed by atoms with van der Waals surface area (Å²) >= 11 is 13.4. The Labute approximate surface area is 205 Å². The van der Waals surface area contributed by atoms with Gasteiger partial charge in [0.25, 0.3) is 0 Å². The van der Waals surface area contributed by atoms with Gasteiger partial charge in [0.15, 0.2) is 27.0 Å². The number of rotatable bonds is 5. The van der Waals surface area contributed by atoms with Crippen molar-refractivity contribution < 1.29 is 22.4 Å². The Bertz CT molecular complexity index is 1270. The highest BCUT2D eigenvalue weighted by atomic mass is 35.5. The van der Waals surface area contributed by atoms with Gasteiger partial charge in [-0.3, -0.25) is 4.79 Å². The normalized spacial score (nSPS) is 24.1. The van der Waals surface area contributed by atoms with Crippen LogP contribution in [-0.4, -0.2) is 31.4 Å². The third-order valence-electron chi connectivity index (χ3n) is 6.65. The number of thiophene rings is 1. The molecule has 2 aromatic rings. The number of Topliss-reactive ketones (excluding diaryl/α,β-unsaturated/α-hetero) is 1. The van der Waals surface area contributed by atoms with Crippen LogP contribution in [0.4, 0.5) is 4.39 Å². The second kappa shape index (κ2) is 8.33. The lowest BCUT2D eigenvalue weighted by Crippen LogP contribution is -2.37. The van der Waals surface area contributed by atoms with Crippen molar-refractivity contribution in [1.29, 1.82) is 0 Å². The first-order valence-corrected chi connectivity index (χ1v) is 14.2. The average Bonchev–Trinajstić information content (AvgIpc) is 3.32. The van der Waals surface area contributed by atoms with E-state index in [0.29, 0.717) is 12.0 Å². The van der Waals surface area contributed by atoms with Gasteiger partial charge in [0.1, 0.15) is 5.71 Å². The number of fused-ring (bicyclic) bond motifs is 1. The highest BCUT2D eigenvalue weighted by Crippen LogP contribution is 2.43. The van der Waals surface area contributed by atoms with Gasteiger partial charge in [-0.25, -0.2) is 12.8 Å². The van der Waals surface area contributed by atoms with E-state index in [1.54, 1.807) is 0 Å². The SMILES string of the molecule is CC1(c2cc(Cl)c(F)c(Cl)c2)CC(c2sc(C(=O)CC3CS(=O)(=O)C3)c3c2CCCC3)=NO1. The molecule has 176 valence electrons. The molecule has 0 saturated carbocycles. The van der Waals surface area contributed by atoms with Crippen LogP contribution >= 0.6 is 34.5 Å².